The third-order valence-corrected chi connectivity index (χ3v) is 7.49. The first kappa shape index (κ1) is 21.3. The van der Waals surface area contributed by atoms with Crippen LogP contribution in [0.15, 0.2) is 48.5 Å². The quantitative estimate of drug-likeness (QED) is 0.700. The van der Waals surface area contributed by atoms with Crippen LogP contribution in [0.2, 0.25) is 0 Å². The number of piperazine rings is 1. The first-order chi connectivity index (χ1) is 14.9. The number of hydrogen-bond acceptors (Lipinski definition) is 6. The van der Waals surface area contributed by atoms with Gasteiger partial charge in [-0.15, -0.1) is 0 Å². The normalized spacial score (nSPS) is 18.9. The van der Waals surface area contributed by atoms with Crippen LogP contribution in [0.5, 0.6) is 11.5 Å². The van der Waals surface area contributed by atoms with E-state index in [1.54, 1.807) is 43.2 Å². The molecule has 1 atom stereocenters. The van der Waals surface area contributed by atoms with Gasteiger partial charge in [0.2, 0.25) is 10.0 Å². The second-order valence-electron chi connectivity index (χ2n) is 7.52. The number of para-hydroxylation sites is 2. The molecule has 2 aliphatic heterocycles. The van der Waals surface area contributed by atoms with Crippen molar-refractivity contribution in [1.29, 1.82) is 0 Å². The molecule has 0 bridgehead atoms. The molecule has 2 aliphatic rings. The van der Waals surface area contributed by atoms with Gasteiger partial charge in [0.15, 0.2) is 6.10 Å². The van der Waals surface area contributed by atoms with Gasteiger partial charge in [-0.3, -0.25) is 9.10 Å². The Morgan fingerprint density at radius 2 is 1.74 bits per heavy atom. The summed E-state index contributed by atoms with van der Waals surface area (Å²) < 4.78 is 37.7. The van der Waals surface area contributed by atoms with Gasteiger partial charge in [0.05, 0.1) is 25.1 Å². The Kier molecular flexibility index (Phi) is 5.95. The summed E-state index contributed by atoms with van der Waals surface area (Å²) in [4.78, 5) is 17.2. The maximum atomic E-state index is 13.2. The topological polar surface area (TPSA) is 79.4 Å². The highest BCUT2D eigenvalue weighted by molar-refractivity contribution is 7.92. The molecule has 0 aliphatic carbocycles. The van der Waals surface area contributed by atoms with Crippen molar-refractivity contribution in [2.24, 2.45) is 0 Å². The smallest absolute Gasteiger partial charge is 0.265 e. The van der Waals surface area contributed by atoms with E-state index in [1.807, 2.05) is 24.3 Å². The summed E-state index contributed by atoms with van der Waals surface area (Å²) in [5.74, 6) is 1.00. The number of fused-ring (bicyclic) bond motifs is 1. The Bertz CT molecular complexity index is 1030. The Morgan fingerprint density at radius 3 is 2.39 bits per heavy atom. The van der Waals surface area contributed by atoms with Crippen molar-refractivity contribution in [2.75, 3.05) is 54.8 Å². The highest BCUT2D eigenvalue weighted by Crippen LogP contribution is 2.35. The molecule has 1 saturated heterocycles. The maximum absolute atomic E-state index is 13.2. The number of nitrogens with zero attached hydrogens (tertiary/aromatic N) is 3. The van der Waals surface area contributed by atoms with Crippen molar-refractivity contribution in [2.45, 2.75) is 13.0 Å². The van der Waals surface area contributed by atoms with E-state index in [1.165, 1.54) is 4.31 Å². The van der Waals surface area contributed by atoms with Gasteiger partial charge in [0.25, 0.3) is 5.91 Å². The zero-order valence-corrected chi connectivity index (χ0v) is 18.5. The lowest BCUT2D eigenvalue weighted by atomic mass is 10.2. The molecule has 2 aromatic carbocycles. The van der Waals surface area contributed by atoms with Gasteiger partial charge in [-0.25, -0.2) is 8.42 Å². The summed E-state index contributed by atoms with van der Waals surface area (Å²) in [6.07, 6.45) is -0.858. The van der Waals surface area contributed by atoms with E-state index in [2.05, 4.69) is 4.90 Å². The standard InChI is InChI=1S/C22H27N3O5S/c1-3-31(27,28)25-16-21(30-20-7-5-4-6-19(20)25)22(26)24-14-12-23(13-15-24)17-8-10-18(29-2)11-9-17/h4-11,21H,3,12-16H2,1-2H3/t21-/m1/s1. The van der Waals surface area contributed by atoms with Gasteiger partial charge >= 0.3 is 0 Å². The average molecular weight is 446 g/mol. The highest BCUT2D eigenvalue weighted by atomic mass is 32.2. The van der Waals surface area contributed by atoms with E-state index in [9.17, 15) is 13.2 Å². The lowest BCUT2D eigenvalue weighted by molar-refractivity contribution is -0.138. The van der Waals surface area contributed by atoms with Gasteiger partial charge in [-0.1, -0.05) is 12.1 Å². The molecule has 4 rings (SSSR count). The molecule has 8 nitrogen and oxygen atoms in total. The van der Waals surface area contributed by atoms with Gasteiger partial charge in [0, 0.05) is 31.9 Å². The fourth-order valence-electron chi connectivity index (χ4n) is 3.93. The van der Waals surface area contributed by atoms with Gasteiger partial charge < -0.3 is 19.3 Å². The molecule has 0 spiro atoms. The summed E-state index contributed by atoms with van der Waals surface area (Å²) >= 11 is 0. The summed E-state index contributed by atoms with van der Waals surface area (Å²) in [6, 6.07) is 14.8. The first-order valence-electron chi connectivity index (χ1n) is 10.4. The predicted molar refractivity (Wildman–Crippen MR) is 119 cm³/mol. The number of carbonyl (C=O) groups is 1. The molecule has 0 aromatic heterocycles. The summed E-state index contributed by atoms with van der Waals surface area (Å²) in [5, 5.41) is 0. The van der Waals surface area contributed by atoms with E-state index < -0.39 is 16.1 Å². The van der Waals surface area contributed by atoms with Crippen LogP contribution in [0, 0.1) is 0 Å². The number of carbonyl (C=O) groups excluding carboxylic acids is 1. The van der Waals surface area contributed by atoms with Crippen LogP contribution in [0.4, 0.5) is 11.4 Å². The lowest BCUT2D eigenvalue weighted by Crippen LogP contribution is -2.56. The van der Waals surface area contributed by atoms with Gasteiger partial charge in [0.1, 0.15) is 11.5 Å². The molecule has 166 valence electrons. The van der Waals surface area contributed by atoms with Gasteiger partial charge in [-0.2, -0.15) is 0 Å². The Hall–Kier alpha value is -2.94. The lowest BCUT2D eigenvalue weighted by Gasteiger charge is -2.40. The summed E-state index contributed by atoms with van der Waals surface area (Å²) in [7, 11) is -1.88. The van der Waals surface area contributed by atoms with E-state index in [0.29, 0.717) is 37.6 Å². The molecule has 1 fully saturated rings. The summed E-state index contributed by atoms with van der Waals surface area (Å²) in [5.41, 5.74) is 1.56. The largest absolute Gasteiger partial charge is 0.497 e. The minimum atomic E-state index is -3.52. The van der Waals surface area contributed by atoms with Crippen LogP contribution < -0.4 is 18.7 Å². The van der Waals surface area contributed by atoms with E-state index in [0.717, 1.165) is 11.4 Å². The highest BCUT2D eigenvalue weighted by Gasteiger charge is 2.38. The molecular weight excluding hydrogens is 418 g/mol. The zero-order chi connectivity index (χ0) is 22.0. The number of hydrogen-bond donors (Lipinski definition) is 0. The second-order valence-corrected chi connectivity index (χ2v) is 9.70. The molecule has 31 heavy (non-hydrogen) atoms. The number of benzene rings is 2. The number of sulfonamides is 1. The third kappa shape index (κ3) is 4.27. The Morgan fingerprint density at radius 1 is 1.06 bits per heavy atom. The third-order valence-electron chi connectivity index (χ3n) is 5.74. The first-order valence-corrected chi connectivity index (χ1v) is 12.0. The van der Waals surface area contributed by atoms with E-state index in [-0.39, 0.29) is 18.2 Å². The zero-order valence-electron chi connectivity index (χ0n) is 17.7. The number of methoxy groups -OCH3 is 1. The predicted octanol–water partition coefficient (Wildman–Crippen LogP) is 1.96. The van der Waals surface area contributed by atoms with Gasteiger partial charge in [-0.05, 0) is 43.3 Å². The van der Waals surface area contributed by atoms with Crippen molar-refractivity contribution in [3.05, 3.63) is 48.5 Å². The SMILES string of the molecule is CCS(=O)(=O)N1C[C@H](C(=O)N2CCN(c3ccc(OC)cc3)CC2)Oc2ccccc21. The molecule has 0 N–H and O–H groups in total. The van der Waals surface area contributed by atoms with Crippen molar-refractivity contribution in [1.82, 2.24) is 4.90 Å². The minimum absolute atomic E-state index is 0.00921. The second kappa shape index (κ2) is 8.66. The van der Waals surface area contributed by atoms with Crippen LogP contribution in [0.3, 0.4) is 0 Å². The fraction of sp³-hybridized carbons (Fsp3) is 0.409. The van der Waals surface area contributed by atoms with Crippen molar-refractivity contribution in [3.63, 3.8) is 0 Å². The van der Waals surface area contributed by atoms with Crippen LogP contribution in [0.25, 0.3) is 0 Å². The van der Waals surface area contributed by atoms with Crippen LogP contribution >= 0.6 is 0 Å². The van der Waals surface area contributed by atoms with Crippen molar-refractivity contribution in [3.8, 4) is 11.5 Å². The average Bonchev–Trinajstić information content (AvgIpc) is 2.83. The van der Waals surface area contributed by atoms with Crippen molar-refractivity contribution >= 4 is 27.3 Å². The molecule has 9 heteroatoms. The molecular formula is C22H27N3O5S. The van der Waals surface area contributed by atoms with Crippen LogP contribution in [0.1, 0.15) is 6.92 Å². The molecule has 1 amide bonds. The maximum Gasteiger partial charge on any atom is 0.265 e. The van der Waals surface area contributed by atoms with E-state index >= 15 is 0 Å². The van der Waals surface area contributed by atoms with Crippen LogP contribution in [-0.2, 0) is 14.8 Å². The van der Waals surface area contributed by atoms with E-state index in [4.69, 9.17) is 9.47 Å². The number of amides is 1. The monoisotopic (exact) mass is 445 g/mol. The van der Waals surface area contributed by atoms with Crippen LogP contribution in [-0.4, -0.2) is 70.9 Å². The number of ether oxygens (including phenoxy) is 2. The summed E-state index contributed by atoms with van der Waals surface area (Å²) in [6.45, 7) is 4.07. The number of rotatable bonds is 5. The Balaban J connectivity index is 1.45. The number of anilines is 2. The molecule has 2 aromatic rings. The molecule has 2 heterocycles. The van der Waals surface area contributed by atoms with Crippen molar-refractivity contribution < 1.29 is 22.7 Å². The molecule has 0 unspecified atom stereocenters. The molecule has 0 saturated carbocycles. The minimum Gasteiger partial charge on any atom is -0.497 e. The Labute approximate surface area is 183 Å². The molecule has 0 radical (unpaired) electrons. The fourth-order valence-corrected chi connectivity index (χ4v) is 5.06.